The Morgan fingerprint density at radius 2 is 0.512 bits per heavy atom. The Morgan fingerprint density at radius 3 is 0.767 bits per heavy atom. The van der Waals surface area contributed by atoms with Crippen LogP contribution in [0.15, 0.2) is 0 Å². The number of rotatable bonds is 38. The second kappa shape index (κ2) is 39.5. The summed E-state index contributed by atoms with van der Waals surface area (Å²) < 4.78 is 5.46. The summed E-state index contributed by atoms with van der Waals surface area (Å²) in [6.45, 7) is 5.23. The van der Waals surface area contributed by atoms with Crippen molar-refractivity contribution in [3.8, 4) is 0 Å². The highest BCUT2D eigenvalue weighted by Gasteiger charge is 2.03. The molecule has 0 aliphatic heterocycles. The monoisotopic (exact) mass is 607 g/mol. The Balaban J connectivity index is 3.13. The van der Waals surface area contributed by atoms with E-state index >= 15 is 0 Å². The van der Waals surface area contributed by atoms with Gasteiger partial charge in [0.1, 0.15) is 0 Å². The molecular formula is C41H82O2. The van der Waals surface area contributed by atoms with E-state index in [2.05, 4.69) is 13.8 Å². The lowest BCUT2D eigenvalue weighted by atomic mass is 10.0. The highest BCUT2D eigenvalue weighted by Crippen LogP contribution is 2.16. The predicted octanol–water partition coefficient (Wildman–Crippen LogP) is 15.0. The highest BCUT2D eigenvalue weighted by molar-refractivity contribution is 5.69. The zero-order valence-electron chi connectivity index (χ0n) is 30.2. The van der Waals surface area contributed by atoms with Gasteiger partial charge >= 0.3 is 5.97 Å². The number of hydrogen-bond donors (Lipinski definition) is 0. The molecule has 0 aliphatic rings. The molecule has 0 heterocycles. The second-order valence-electron chi connectivity index (χ2n) is 14.0. The molecule has 2 nitrogen and oxygen atoms in total. The van der Waals surface area contributed by atoms with Gasteiger partial charge in [-0.1, -0.05) is 232 Å². The first kappa shape index (κ1) is 42.5. The first-order valence-corrected chi connectivity index (χ1v) is 20.5. The van der Waals surface area contributed by atoms with E-state index in [1.807, 2.05) is 0 Å². The molecule has 0 atom stereocenters. The summed E-state index contributed by atoms with van der Waals surface area (Å²) in [4.78, 5) is 12.0. The fraction of sp³-hybridized carbons (Fsp3) is 0.976. The van der Waals surface area contributed by atoms with Crippen LogP contribution in [0.25, 0.3) is 0 Å². The van der Waals surface area contributed by atoms with Crippen LogP contribution < -0.4 is 0 Å². The topological polar surface area (TPSA) is 26.3 Å². The smallest absolute Gasteiger partial charge is 0.305 e. The van der Waals surface area contributed by atoms with Gasteiger partial charge in [0.2, 0.25) is 0 Å². The minimum atomic E-state index is 0.0304. The van der Waals surface area contributed by atoms with Crippen LogP contribution in [0.2, 0.25) is 0 Å². The maximum absolute atomic E-state index is 12.0. The summed E-state index contributed by atoms with van der Waals surface area (Å²) in [7, 11) is 0. The maximum Gasteiger partial charge on any atom is 0.305 e. The highest BCUT2D eigenvalue weighted by atomic mass is 16.5. The van der Waals surface area contributed by atoms with Crippen LogP contribution in [0.5, 0.6) is 0 Å². The third-order valence-corrected chi connectivity index (χ3v) is 9.50. The van der Waals surface area contributed by atoms with Gasteiger partial charge in [-0.15, -0.1) is 0 Å². The lowest BCUT2D eigenvalue weighted by Gasteiger charge is -2.06. The average molecular weight is 607 g/mol. The van der Waals surface area contributed by atoms with Gasteiger partial charge in [0.05, 0.1) is 6.61 Å². The van der Waals surface area contributed by atoms with Crippen LogP contribution in [0.3, 0.4) is 0 Å². The van der Waals surface area contributed by atoms with Crippen LogP contribution in [0.1, 0.15) is 251 Å². The van der Waals surface area contributed by atoms with Crippen molar-refractivity contribution in [3.05, 3.63) is 0 Å². The van der Waals surface area contributed by atoms with E-state index in [4.69, 9.17) is 4.74 Å². The molecule has 0 amide bonds. The predicted molar refractivity (Wildman–Crippen MR) is 193 cm³/mol. The molecule has 0 fully saturated rings. The van der Waals surface area contributed by atoms with E-state index in [0.29, 0.717) is 13.0 Å². The molecule has 0 aromatic carbocycles. The van der Waals surface area contributed by atoms with Gasteiger partial charge in [-0.3, -0.25) is 4.79 Å². The molecule has 258 valence electrons. The number of carbonyl (C=O) groups is 1. The Morgan fingerprint density at radius 1 is 0.302 bits per heavy atom. The summed E-state index contributed by atoms with van der Waals surface area (Å²) in [5, 5.41) is 0. The minimum absolute atomic E-state index is 0.0304. The Labute approximate surface area is 273 Å². The lowest BCUT2D eigenvalue weighted by molar-refractivity contribution is -0.143. The molecule has 0 aliphatic carbocycles. The van der Waals surface area contributed by atoms with Crippen molar-refractivity contribution in [2.24, 2.45) is 0 Å². The molecule has 0 rings (SSSR count). The SMILES string of the molecule is CCCCCCCCCCCCCCCCCCCCCCCOC(=O)CCCCCCCCCCCCCCCCC. The van der Waals surface area contributed by atoms with Gasteiger partial charge in [-0.05, 0) is 12.8 Å². The summed E-state index contributed by atoms with van der Waals surface area (Å²) >= 11 is 0. The molecule has 0 spiro atoms. The zero-order valence-corrected chi connectivity index (χ0v) is 30.2. The fourth-order valence-electron chi connectivity index (χ4n) is 6.43. The van der Waals surface area contributed by atoms with Crippen molar-refractivity contribution >= 4 is 5.97 Å². The third-order valence-electron chi connectivity index (χ3n) is 9.50. The van der Waals surface area contributed by atoms with Gasteiger partial charge in [0.25, 0.3) is 0 Å². The zero-order chi connectivity index (χ0) is 31.2. The molecule has 0 saturated heterocycles. The van der Waals surface area contributed by atoms with E-state index in [0.717, 1.165) is 12.8 Å². The summed E-state index contributed by atoms with van der Waals surface area (Å²) in [5.41, 5.74) is 0. The van der Waals surface area contributed by atoms with E-state index < -0.39 is 0 Å². The van der Waals surface area contributed by atoms with Crippen molar-refractivity contribution in [1.29, 1.82) is 0 Å². The molecule has 43 heavy (non-hydrogen) atoms. The van der Waals surface area contributed by atoms with E-state index in [1.165, 1.54) is 218 Å². The minimum Gasteiger partial charge on any atom is -0.466 e. The van der Waals surface area contributed by atoms with E-state index in [-0.39, 0.29) is 5.97 Å². The molecule has 0 N–H and O–H groups in total. The number of unbranched alkanes of at least 4 members (excludes halogenated alkanes) is 34. The largest absolute Gasteiger partial charge is 0.466 e. The molecule has 0 saturated carbocycles. The van der Waals surface area contributed by atoms with Crippen LogP contribution in [-0.4, -0.2) is 12.6 Å². The van der Waals surface area contributed by atoms with Crippen molar-refractivity contribution in [2.75, 3.05) is 6.61 Å². The van der Waals surface area contributed by atoms with E-state index in [9.17, 15) is 4.79 Å². The Kier molecular flexibility index (Phi) is 39.0. The van der Waals surface area contributed by atoms with Crippen LogP contribution >= 0.6 is 0 Å². The van der Waals surface area contributed by atoms with Crippen molar-refractivity contribution in [1.82, 2.24) is 0 Å². The molecule has 0 bridgehead atoms. The second-order valence-corrected chi connectivity index (χ2v) is 14.0. The Hall–Kier alpha value is -0.530. The Bertz CT molecular complexity index is 502. The van der Waals surface area contributed by atoms with Crippen LogP contribution in [0.4, 0.5) is 0 Å². The first-order valence-electron chi connectivity index (χ1n) is 20.5. The van der Waals surface area contributed by atoms with Crippen LogP contribution in [-0.2, 0) is 9.53 Å². The fourth-order valence-corrected chi connectivity index (χ4v) is 6.43. The summed E-state index contributed by atoms with van der Waals surface area (Å²) in [6, 6.07) is 0. The quantitative estimate of drug-likeness (QED) is 0.0516. The lowest BCUT2D eigenvalue weighted by Crippen LogP contribution is -2.05. The third kappa shape index (κ3) is 39.4. The van der Waals surface area contributed by atoms with Gasteiger partial charge < -0.3 is 4.74 Å². The van der Waals surface area contributed by atoms with Gasteiger partial charge in [0, 0.05) is 6.42 Å². The number of ether oxygens (including phenoxy) is 1. The molecule has 0 unspecified atom stereocenters. The molecule has 0 aromatic heterocycles. The molecule has 0 aromatic rings. The number of esters is 1. The molecule has 0 radical (unpaired) electrons. The molecule has 2 heteroatoms. The van der Waals surface area contributed by atoms with Crippen molar-refractivity contribution < 1.29 is 9.53 Å². The standard InChI is InChI=1S/C41H82O2/c1-3-5-7-9-11-13-15-17-19-20-21-22-23-24-26-28-30-32-34-36-38-40-43-41(42)39-37-35-33-31-29-27-25-18-16-14-12-10-8-6-4-2/h3-40H2,1-2H3. The van der Waals surface area contributed by atoms with Crippen LogP contribution in [0, 0.1) is 0 Å². The van der Waals surface area contributed by atoms with Gasteiger partial charge in [-0.2, -0.15) is 0 Å². The summed E-state index contributed by atoms with van der Waals surface area (Å²) in [6.07, 6.45) is 50.5. The first-order chi connectivity index (χ1) is 21.3. The normalized spacial score (nSPS) is 11.4. The number of carbonyl (C=O) groups excluding carboxylic acids is 1. The maximum atomic E-state index is 12.0. The van der Waals surface area contributed by atoms with Gasteiger partial charge in [-0.25, -0.2) is 0 Å². The van der Waals surface area contributed by atoms with Crippen molar-refractivity contribution in [2.45, 2.75) is 251 Å². The molecular weight excluding hydrogens is 524 g/mol. The average Bonchev–Trinajstić information content (AvgIpc) is 3.01. The summed E-state index contributed by atoms with van der Waals surface area (Å²) in [5.74, 6) is 0.0304. The van der Waals surface area contributed by atoms with E-state index in [1.54, 1.807) is 0 Å². The van der Waals surface area contributed by atoms with Crippen molar-refractivity contribution in [3.63, 3.8) is 0 Å². The van der Waals surface area contributed by atoms with Gasteiger partial charge in [0.15, 0.2) is 0 Å². The number of hydrogen-bond acceptors (Lipinski definition) is 2.